The summed E-state index contributed by atoms with van der Waals surface area (Å²) in [5.41, 5.74) is 6.39. The van der Waals surface area contributed by atoms with E-state index in [0.717, 1.165) is 65.7 Å². The van der Waals surface area contributed by atoms with Gasteiger partial charge in [-0.05, 0) is 77.0 Å². The van der Waals surface area contributed by atoms with E-state index >= 15 is 0 Å². The number of aryl methyl sites for hydroxylation is 2. The van der Waals surface area contributed by atoms with Gasteiger partial charge in [0.25, 0.3) is 0 Å². The molecule has 5 rings (SSSR count). The minimum absolute atomic E-state index is 0.522. The summed E-state index contributed by atoms with van der Waals surface area (Å²) in [6.45, 7) is 8.16. The SMILES string of the molecule is CNCCCOc1ccc(Cl)c(-c2nc(-c3c(C)noc3C)c(C)c(N3CCc4ccncc43)n2)c1. The third-order valence-electron chi connectivity index (χ3n) is 6.45. The largest absolute Gasteiger partial charge is 0.494 e. The van der Waals surface area contributed by atoms with Crippen LogP contribution in [0.15, 0.2) is 41.2 Å². The number of anilines is 2. The molecule has 0 spiro atoms. The molecule has 36 heavy (non-hydrogen) atoms. The molecule has 0 atom stereocenters. The maximum atomic E-state index is 6.69. The predicted molar refractivity (Wildman–Crippen MR) is 141 cm³/mol. The summed E-state index contributed by atoms with van der Waals surface area (Å²) in [7, 11) is 1.93. The van der Waals surface area contributed by atoms with Gasteiger partial charge in [0, 0.05) is 23.9 Å². The Hall–Kier alpha value is -3.49. The van der Waals surface area contributed by atoms with Crippen LogP contribution in [0.5, 0.6) is 5.75 Å². The molecule has 0 radical (unpaired) electrons. The Labute approximate surface area is 215 Å². The van der Waals surface area contributed by atoms with Crippen molar-refractivity contribution in [1.82, 2.24) is 25.4 Å². The summed E-state index contributed by atoms with van der Waals surface area (Å²) in [5.74, 6) is 2.78. The number of nitrogens with one attached hydrogen (secondary N) is 1. The van der Waals surface area contributed by atoms with Crippen LogP contribution in [0.3, 0.4) is 0 Å². The maximum absolute atomic E-state index is 6.69. The Bertz CT molecular complexity index is 1380. The molecule has 0 fully saturated rings. The summed E-state index contributed by atoms with van der Waals surface area (Å²) < 4.78 is 11.5. The number of nitrogens with zero attached hydrogens (tertiary/aromatic N) is 5. The first-order chi connectivity index (χ1) is 17.5. The first-order valence-corrected chi connectivity index (χ1v) is 12.5. The van der Waals surface area contributed by atoms with E-state index in [2.05, 4.69) is 26.4 Å². The van der Waals surface area contributed by atoms with Crippen molar-refractivity contribution in [3.63, 3.8) is 0 Å². The van der Waals surface area contributed by atoms with Gasteiger partial charge in [0.1, 0.15) is 17.3 Å². The number of halogens is 1. The smallest absolute Gasteiger partial charge is 0.163 e. The lowest BCUT2D eigenvalue weighted by Gasteiger charge is -2.22. The highest BCUT2D eigenvalue weighted by Crippen LogP contribution is 2.40. The third kappa shape index (κ3) is 4.54. The fourth-order valence-electron chi connectivity index (χ4n) is 4.60. The molecule has 0 aliphatic carbocycles. The first kappa shape index (κ1) is 24.2. The lowest BCUT2D eigenvalue weighted by atomic mass is 10.0. The molecule has 9 heteroatoms. The molecule has 186 valence electrons. The molecular formula is C27H29ClN6O2. The molecule has 0 saturated carbocycles. The summed E-state index contributed by atoms with van der Waals surface area (Å²) in [6, 6.07) is 7.68. The quantitative estimate of drug-likeness (QED) is 0.317. The van der Waals surface area contributed by atoms with Crippen molar-refractivity contribution in [2.45, 2.75) is 33.6 Å². The zero-order valence-corrected chi connectivity index (χ0v) is 21.7. The van der Waals surface area contributed by atoms with Crippen LogP contribution in [0, 0.1) is 20.8 Å². The molecule has 1 N–H and O–H groups in total. The van der Waals surface area contributed by atoms with Crippen molar-refractivity contribution in [3.05, 3.63) is 64.3 Å². The Kier molecular flexibility index (Phi) is 6.89. The van der Waals surface area contributed by atoms with E-state index < -0.39 is 0 Å². The van der Waals surface area contributed by atoms with Crippen LogP contribution in [0.4, 0.5) is 11.5 Å². The van der Waals surface area contributed by atoms with E-state index in [0.29, 0.717) is 28.8 Å². The summed E-state index contributed by atoms with van der Waals surface area (Å²) >= 11 is 6.69. The molecule has 4 heterocycles. The third-order valence-corrected chi connectivity index (χ3v) is 6.78. The summed E-state index contributed by atoms with van der Waals surface area (Å²) in [6.07, 6.45) is 5.55. The minimum Gasteiger partial charge on any atom is -0.494 e. The van der Waals surface area contributed by atoms with Gasteiger partial charge in [0.2, 0.25) is 0 Å². The van der Waals surface area contributed by atoms with E-state index in [1.165, 1.54) is 5.56 Å². The molecule has 3 aromatic heterocycles. The minimum atomic E-state index is 0.522. The molecule has 0 saturated heterocycles. The van der Waals surface area contributed by atoms with Crippen molar-refractivity contribution in [3.8, 4) is 28.4 Å². The van der Waals surface area contributed by atoms with E-state index in [-0.39, 0.29) is 0 Å². The Morgan fingerprint density at radius 1 is 1.17 bits per heavy atom. The van der Waals surface area contributed by atoms with E-state index in [1.54, 1.807) is 0 Å². The van der Waals surface area contributed by atoms with Gasteiger partial charge in [-0.2, -0.15) is 0 Å². The Morgan fingerprint density at radius 2 is 2.03 bits per heavy atom. The molecule has 1 aliphatic rings. The average Bonchev–Trinajstić information content (AvgIpc) is 3.46. The van der Waals surface area contributed by atoms with Gasteiger partial charge in [-0.15, -0.1) is 0 Å². The fraction of sp³-hybridized carbons (Fsp3) is 0.333. The normalized spacial score (nSPS) is 12.8. The number of pyridine rings is 1. The number of benzene rings is 1. The zero-order valence-electron chi connectivity index (χ0n) is 20.9. The number of hydrogen-bond acceptors (Lipinski definition) is 8. The van der Waals surface area contributed by atoms with Gasteiger partial charge in [0.15, 0.2) is 5.82 Å². The van der Waals surface area contributed by atoms with Crippen LogP contribution < -0.4 is 15.0 Å². The highest BCUT2D eigenvalue weighted by molar-refractivity contribution is 6.33. The lowest BCUT2D eigenvalue weighted by Crippen LogP contribution is -2.18. The second-order valence-electron chi connectivity index (χ2n) is 8.90. The second-order valence-corrected chi connectivity index (χ2v) is 9.30. The van der Waals surface area contributed by atoms with Gasteiger partial charge in [-0.1, -0.05) is 16.8 Å². The molecule has 0 bridgehead atoms. The molecule has 4 aromatic rings. The molecular weight excluding hydrogens is 476 g/mol. The van der Waals surface area contributed by atoms with Crippen LogP contribution in [-0.2, 0) is 6.42 Å². The van der Waals surface area contributed by atoms with Crippen LogP contribution in [0.25, 0.3) is 22.6 Å². The lowest BCUT2D eigenvalue weighted by molar-refractivity contribution is 0.310. The molecule has 0 amide bonds. The second kappa shape index (κ2) is 10.2. The van der Waals surface area contributed by atoms with Gasteiger partial charge in [-0.25, -0.2) is 9.97 Å². The number of ether oxygens (including phenoxy) is 1. The molecule has 8 nitrogen and oxygen atoms in total. The highest BCUT2D eigenvalue weighted by atomic mass is 35.5. The van der Waals surface area contributed by atoms with Gasteiger partial charge >= 0.3 is 0 Å². The summed E-state index contributed by atoms with van der Waals surface area (Å²) in [4.78, 5) is 16.6. The van der Waals surface area contributed by atoms with Crippen molar-refractivity contribution in [2.24, 2.45) is 0 Å². The van der Waals surface area contributed by atoms with Gasteiger partial charge in [0.05, 0.1) is 40.5 Å². The molecule has 1 aliphatic heterocycles. The Morgan fingerprint density at radius 3 is 2.81 bits per heavy atom. The van der Waals surface area contributed by atoms with E-state index in [9.17, 15) is 0 Å². The number of aromatic nitrogens is 4. The van der Waals surface area contributed by atoms with Crippen molar-refractivity contribution < 1.29 is 9.26 Å². The van der Waals surface area contributed by atoms with Gasteiger partial charge < -0.3 is 19.5 Å². The van der Waals surface area contributed by atoms with Crippen molar-refractivity contribution in [2.75, 3.05) is 31.6 Å². The number of fused-ring (bicyclic) bond motifs is 1. The van der Waals surface area contributed by atoms with E-state index in [4.69, 9.17) is 30.8 Å². The molecule has 0 unspecified atom stereocenters. The number of rotatable bonds is 8. The predicted octanol–water partition coefficient (Wildman–Crippen LogP) is 5.45. The summed E-state index contributed by atoms with van der Waals surface area (Å²) in [5, 5.41) is 7.86. The topological polar surface area (TPSA) is 89.2 Å². The Balaban J connectivity index is 1.65. The van der Waals surface area contributed by atoms with Crippen LogP contribution in [0.1, 0.15) is 29.0 Å². The zero-order chi connectivity index (χ0) is 25.2. The fourth-order valence-corrected chi connectivity index (χ4v) is 4.80. The molecule has 1 aromatic carbocycles. The maximum Gasteiger partial charge on any atom is 0.163 e. The van der Waals surface area contributed by atoms with Crippen molar-refractivity contribution in [1.29, 1.82) is 0 Å². The average molecular weight is 505 g/mol. The highest BCUT2D eigenvalue weighted by Gasteiger charge is 2.28. The van der Waals surface area contributed by atoms with Crippen LogP contribution >= 0.6 is 11.6 Å². The monoisotopic (exact) mass is 504 g/mol. The van der Waals surface area contributed by atoms with Crippen LogP contribution in [-0.4, -0.2) is 46.9 Å². The first-order valence-electron chi connectivity index (χ1n) is 12.1. The van der Waals surface area contributed by atoms with E-state index in [1.807, 2.05) is 58.4 Å². The van der Waals surface area contributed by atoms with Crippen LogP contribution in [0.2, 0.25) is 5.02 Å². The number of hydrogen-bond donors (Lipinski definition) is 1. The standard InChI is InChI=1S/C27H29ClN6O2/c1-16-25(24-17(2)33-36-18(24)3)31-26(21-14-20(6-7-22(21)28)35-13-5-10-29-4)32-27(16)34-12-9-19-8-11-30-15-23(19)34/h6-8,11,14-15,29H,5,9-10,12-13H2,1-4H3. The van der Waals surface area contributed by atoms with Crippen molar-refractivity contribution >= 4 is 23.1 Å². The van der Waals surface area contributed by atoms with Gasteiger partial charge in [-0.3, -0.25) is 4.98 Å².